The van der Waals surface area contributed by atoms with Crippen LogP contribution in [0.25, 0.3) is 0 Å². The summed E-state index contributed by atoms with van der Waals surface area (Å²) in [5.74, 6) is -0.0293. The number of rotatable bonds is 5. The molecule has 1 aromatic heterocycles. The third-order valence-electron chi connectivity index (χ3n) is 2.09. The van der Waals surface area contributed by atoms with Crippen molar-refractivity contribution in [1.29, 1.82) is 0 Å². The van der Waals surface area contributed by atoms with Crippen molar-refractivity contribution in [3.8, 4) is 0 Å². The van der Waals surface area contributed by atoms with Crippen LogP contribution in [-0.2, 0) is 0 Å². The van der Waals surface area contributed by atoms with Gasteiger partial charge in [0, 0.05) is 18.7 Å². The average molecular weight is 252 g/mol. The lowest BCUT2D eigenvalue weighted by Crippen LogP contribution is -2.31. The maximum atomic E-state index is 11.9. The van der Waals surface area contributed by atoms with E-state index in [4.69, 9.17) is 0 Å². The molecule has 0 radical (unpaired) electrons. The van der Waals surface area contributed by atoms with Gasteiger partial charge in [0.25, 0.3) is 11.6 Å². The number of carbonyl (C=O) groups excluding carboxylic acids is 1. The molecule has 7 heteroatoms. The molecule has 7 nitrogen and oxygen atoms in total. The smallest absolute Gasteiger partial charge is 0.288 e. The lowest BCUT2D eigenvalue weighted by Gasteiger charge is -2.11. The Morgan fingerprint density at radius 1 is 1.56 bits per heavy atom. The summed E-state index contributed by atoms with van der Waals surface area (Å²) >= 11 is 0. The first-order valence-electron chi connectivity index (χ1n) is 5.64. The second kappa shape index (κ2) is 5.95. The van der Waals surface area contributed by atoms with E-state index in [1.165, 1.54) is 6.07 Å². The first kappa shape index (κ1) is 13.9. The van der Waals surface area contributed by atoms with E-state index in [-0.39, 0.29) is 23.2 Å². The maximum Gasteiger partial charge on any atom is 0.288 e. The van der Waals surface area contributed by atoms with Crippen LogP contribution in [0.1, 0.15) is 31.1 Å². The predicted molar refractivity (Wildman–Crippen MR) is 67.7 cm³/mol. The van der Waals surface area contributed by atoms with Gasteiger partial charge in [-0.05, 0) is 20.8 Å². The van der Waals surface area contributed by atoms with Crippen LogP contribution in [0, 0.1) is 10.1 Å². The van der Waals surface area contributed by atoms with Crippen molar-refractivity contribution in [1.82, 2.24) is 10.3 Å². The van der Waals surface area contributed by atoms with E-state index in [0.29, 0.717) is 12.4 Å². The number of nitrogens with zero attached hydrogens (tertiary/aromatic N) is 2. The quantitative estimate of drug-likeness (QED) is 0.612. The third kappa shape index (κ3) is 3.41. The van der Waals surface area contributed by atoms with Gasteiger partial charge in [0.05, 0.1) is 10.5 Å². The zero-order valence-corrected chi connectivity index (χ0v) is 10.6. The van der Waals surface area contributed by atoms with Gasteiger partial charge < -0.3 is 10.6 Å². The largest absolute Gasteiger partial charge is 0.370 e. The molecule has 0 aromatic carbocycles. The van der Waals surface area contributed by atoms with E-state index in [1.54, 1.807) is 0 Å². The fourth-order valence-corrected chi connectivity index (χ4v) is 1.37. The molecule has 0 aliphatic rings. The highest BCUT2D eigenvalue weighted by Gasteiger charge is 2.18. The van der Waals surface area contributed by atoms with Crippen LogP contribution in [0.4, 0.5) is 11.5 Å². The van der Waals surface area contributed by atoms with Crippen molar-refractivity contribution >= 4 is 17.4 Å². The van der Waals surface area contributed by atoms with Crippen LogP contribution < -0.4 is 10.6 Å². The molecule has 0 bridgehead atoms. The molecule has 2 N–H and O–H groups in total. The first-order valence-corrected chi connectivity index (χ1v) is 5.64. The number of nitro groups is 1. The van der Waals surface area contributed by atoms with Gasteiger partial charge in [-0.2, -0.15) is 0 Å². The Balaban J connectivity index is 3.14. The zero-order chi connectivity index (χ0) is 13.7. The van der Waals surface area contributed by atoms with Crippen molar-refractivity contribution in [3.05, 3.63) is 27.9 Å². The maximum absolute atomic E-state index is 11.9. The number of pyridine rings is 1. The molecule has 0 spiro atoms. The van der Waals surface area contributed by atoms with Gasteiger partial charge in [0.1, 0.15) is 12.0 Å². The third-order valence-corrected chi connectivity index (χ3v) is 2.09. The molecule has 1 rings (SSSR count). The van der Waals surface area contributed by atoms with Crippen molar-refractivity contribution in [2.24, 2.45) is 0 Å². The molecular formula is C11H16N4O3. The molecule has 0 fully saturated rings. The number of hydrogen-bond donors (Lipinski definition) is 2. The highest BCUT2D eigenvalue weighted by atomic mass is 16.6. The van der Waals surface area contributed by atoms with E-state index in [9.17, 15) is 14.9 Å². The standard InChI is InChI=1S/C11H16N4O3/c1-4-12-10-9(11(16)14-7(2)3)5-8(6-13-10)15(17)18/h5-7H,4H2,1-3H3,(H,12,13)(H,14,16). The monoisotopic (exact) mass is 252 g/mol. The summed E-state index contributed by atoms with van der Waals surface area (Å²) in [4.78, 5) is 25.9. The minimum Gasteiger partial charge on any atom is -0.370 e. The van der Waals surface area contributed by atoms with Crippen molar-refractivity contribution in [2.45, 2.75) is 26.8 Å². The van der Waals surface area contributed by atoms with Crippen LogP contribution in [0.15, 0.2) is 12.3 Å². The molecule has 98 valence electrons. The summed E-state index contributed by atoms with van der Waals surface area (Å²) in [6.45, 7) is 6.06. The van der Waals surface area contributed by atoms with Gasteiger partial charge in [0.15, 0.2) is 0 Å². The lowest BCUT2D eigenvalue weighted by molar-refractivity contribution is -0.385. The fraction of sp³-hybridized carbons (Fsp3) is 0.455. The van der Waals surface area contributed by atoms with E-state index in [1.807, 2.05) is 20.8 Å². The second-order valence-corrected chi connectivity index (χ2v) is 4.01. The van der Waals surface area contributed by atoms with E-state index >= 15 is 0 Å². The Kier molecular flexibility index (Phi) is 4.59. The summed E-state index contributed by atoms with van der Waals surface area (Å²) in [5, 5.41) is 16.3. The number of hydrogen-bond acceptors (Lipinski definition) is 5. The Labute approximate surface area is 105 Å². The number of nitrogens with one attached hydrogen (secondary N) is 2. The number of carbonyl (C=O) groups is 1. The Hall–Kier alpha value is -2.18. The van der Waals surface area contributed by atoms with Crippen molar-refractivity contribution < 1.29 is 9.72 Å². The van der Waals surface area contributed by atoms with Crippen LogP contribution in [0.3, 0.4) is 0 Å². The SMILES string of the molecule is CCNc1ncc([N+](=O)[O-])cc1C(=O)NC(C)C. The molecule has 18 heavy (non-hydrogen) atoms. The minimum absolute atomic E-state index is 0.0498. The first-order chi connectivity index (χ1) is 8.45. The van der Waals surface area contributed by atoms with Crippen LogP contribution >= 0.6 is 0 Å². The average Bonchev–Trinajstić information content (AvgIpc) is 2.28. The zero-order valence-electron chi connectivity index (χ0n) is 10.6. The summed E-state index contributed by atoms with van der Waals surface area (Å²) in [5.41, 5.74) is -0.0229. The molecule has 0 atom stereocenters. The highest BCUT2D eigenvalue weighted by molar-refractivity contribution is 5.99. The normalized spacial score (nSPS) is 10.2. The topological polar surface area (TPSA) is 97.2 Å². The molecular weight excluding hydrogens is 236 g/mol. The summed E-state index contributed by atoms with van der Waals surface area (Å²) in [6, 6.07) is 1.18. The van der Waals surface area contributed by atoms with E-state index in [2.05, 4.69) is 15.6 Å². The van der Waals surface area contributed by atoms with E-state index < -0.39 is 4.92 Å². The molecule has 1 aromatic rings. The van der Waals surface area contributed by atoms with Gasteiger partial charge in [-0.15, -0.1) is 0 Å². The van der Waals surface area contributed by atoms with Crippen LogP contribution in [-0.4, -0.2) is 28.4 Å². The van der Waals surface area contributed by atoms with E-state index in [0.717, 1.165) is 6.20 Å². The Morgan fingerprint density at radius 3 is 2.72 bits per heavy atom. The van der Waals surface area contributed by atoms with Gasteiger partial charge in [-0.25, -0.2) is 4.98 Å². The Bertz CT molecular complexity index is 460. The van der Waals surface area contributed by atoms with Gasteiger partial charge in [0.2, 0.25) is 0 Å². The molecule has 1 heterocycles. The van der Waals surface area contributed by atoms with Gasteiger partial charge >= 0.3 is 0 Å². The molecule has 0 aliphatic heterocycles. The lowest BCUT2D eigenvalue weighted by atomic mass is 10.2. The minimum atomic E-state index is -0.575. The number of anilines is 1. The van der Waals surface area contributed by atoms with Crippen LogP contribution in [0.5, 0.6) is 0 Å². The molecule has 0 unspecified atom stereocenters. The predicted octanol–water partition coefficient (Wildman–Crippen LogP) is 1.56. The summed E-state index contributed by atoms with van der Waals surface area (Å²) in [7, 11) is 0. The molecule has 0 saturated carbocycles. The molecule has 0 saturated heterocycles. The van der Waals surface area contributed by atoms with Crippen LogP contribution in [0.2, 0.25) is 0 Å². The van der Waals surface area contributed by atoms with Gasteiger partial charge in [-0.1, -0.05) is 0 Å². The van der Waals surface area contributed by atoms with Gasteiger partial charge in [-0.3, -0.25) is 14.9 Å². The highest BCUT2D eigenvalue weighted by Crippen LogP contribution is 2.19. The summed E-state index contributed by atoms with van der Waals surface area (Å²) in [6.07, 6.45) is 1.13. The summed E-state index contributed by atoms with van der Waals surface area (Å²) < 4.78 is 0. The number of aromatic nitrogens is 1. The number of amides is 1. The van der Waals surface area contributed by atoms with Crippen molar-refractivity contribution in [2.75, 3.05) is 11.9 Å². The Morgan fingerprint density at radius 2 is 2.22 bits per heavy atom. The molecule has 0 aliphatic carbocycles. The van der Waals surface area contributed by atoms with Crippen molar-refractivity contribution in [3.63, 3.8) is 0 Å². The second-order valence-electron chi connectivity index (χ2n) is 4.01. The molecule has 1 amide bonds. The fourth-order valence-electron chi connectivity index (χ4n) is 1.37.